The van der Waals surface area contributed by atoms with Crippen molar-refractivity contribution in [1.82, 2.24) is 20.4 Å². The van der Waals surface area contributed by atoms with Crippen LogP contribution in [-0.4, -0.2) is 101 Å². The number of nitrogens with zero attached hydrogens (tertiary/aromatic N) is 3. The van der Waals surface area contributed by atoms with E-state index in [0.717, 1.165) is 62.8 Å². The number of aliphatic imine (C=N–C) groups is 1. The highest BCUT2D eigenvalue weighted by atomic mass is 16.5. The molecule has 1 fully saturated rings. The van der Waals surface area contributed by atoms with Gasteiger partial charge < -0.3 is 25.6 Å². The van der Waals surface area contributed by atoms with Crippen molar-refractivity contribution in [3.63, 3.8) is 0 Å². The highest BCUT2D eigenvalue weighted by molar-refractivity contribution is 6.03. The normalized spacial score (nSPS) is 14.1. The number of hydrogen-bond acceptors (Lipinski definition) is 7. The molecular weight excluding hydrogens is 432 g/mol. The molecule has 1 aromatic carbocycles. The van der Waals surface area contributed by atoms with Crippen LogP contribution >= 0.6 is 0 Å². The molecular formula is C25H44N6O3. The van der Waals surface area contributed by atoms with Crippen LogP contribution in [0.4, 0.5) is 5.69 Å². The van der Waals surface area contributed by atoms with Gasteiger partial charge in [0, 0.05) is 70.5 Å². The van der Waals surface area contributed by atoms with E-state index in [0.29, 0.717) is 13.1 Å². The van der Waals surface area contributed by atoms with Crippen molar-refractivity contribution in [2.24, 2.45) is 4.99 Å². The molecule has 1 saturated heterocycles. The van der Waals surface area contributed by atoms with Crippen LogP contribution in [0.25, 0.3) is 0 Å². The maximum absolute atomic E-state index is 12.3. The number of esters is 1. The summed E-state index contributed by atoms with van der Waals surface area (Å²) < 4.78 is 4.61. The second-order valence-corrected chi connectivity index (χ2v) is 7.71. The number of amides is 1. The number of carbonyl (C=O) groups is 2. The first-order chi connectivity index (χ1) is 16.6. The molecule has 0 aromatic heterocycles. The Morgan fingerprint density at radius 1 is 1.03 bits per heavy atom. The van der Waals surface area contributed by atoms with E-state index in [2.05, 4.69) is 37.7 Å². The number of nitrogens with one attached hydrogen (secondary N) is 3. The molecule has 0 unspecified atom stereocenters. The molecule has 0 radical (unpaired) electrons. The van der Waals surface area contributed by atoms with Gasteiger partial charge in [0.1, 0.15) is 5.84 Å². The van der Waals surface area contributed by atoms with Crippen molar-refractivity contribution in [1.29, 1.82) is 0 Å². The second kappa shape index (κ2) is 17.8. The van der Waals surface area contributed by atoms with Crippen LogP contribution in [-0.2, 0) is 14.3 Å². The number of amidine groups is 1. The zero-order valence-electron chi connectivity index (χ0n) is 21.7. The van der Waals surface area contributed by atoms with E-state index < -0.39 is 0 Å². The van der Waals surface area contributed by atoms with E-state index in [9.17, 15) is 9.59 Å². The van der Waals surface area contributed by atoms with Crippen molar-refractivity contribution in [2.45, 2.75) is 33.1 Å². The van der Waals surface area contributed by atoms with Crippen LogP contribution in [0.15, 0.2) is 29.3 Å². The number of anilines is 1. The number of piperazine rings is 1. The molecule has 1 amide bonds. The summed E-state index contributed by atoms with van der Waals surface area (Å²) >= 11 is 0. The molecule has 192 valence electrons. The lowest BCUT2D eigenvalue weighted by atomic mass is 10.1. The first-order valence-electron chi connectivity index (χ1n) is 12.4. The quantitative estimate of drug-likeness (QED) is 0.183. The van der Waals surface area contributed by atoms with Gasteiger partial charge in [-0.3, -0.25) is 19.5 Å². The Balaban J connectivity index is 0.00000281. The fourth-order valence-corrected chi connectivity index (χ4v) is 3.61. The molecule has 1 aliphatic heterocycles. The lowest BCUT2D eigenvalue weighted by molar-refractivity contribution is -0.144. The molecule has 0 spiro atoms. The van der Waals surface area contributed by atoms with Crippen LogP contribution in [0.2, 0.25) is 0 Å². The van der Waals surface area contributed by atoms with E-state index in [4.69, 9.17) is 4.99 Å². The Morgan fingerprint density at radius 3 is 2.38 bits per heavy atom. The topological polar surface area (TPSA) is 98.3 Å². The molecule has 1 heterocycles. The number of para-hydroxylation sites is 1. The van der Waals surface area contributed by atoms with Crippen molar-refractivity contribution in [3.8, 4) is 0 Å². The first kappa shape index (κ1) is 29.4. The molecule has 0 atom stereocenters. The minimum absolute atomic E-state index is 0.0211. The summed E-state index contributed by atoms with van der Waals surface area (Å²) in [5, 5.41) is 9.93. The van der Waals surface area contributed by atoms with Gasteiger partial charge in [0.15, 0.2) is 0 Å². The van der Waals surface area contributed by atoms with Gasteiger partial charge in [-0.2, -0.15) is 0 Å². The Labute approximate surface area is 205 Å². The number of ether oxygens (including phenoxy) is 1. The van der Waals surface area contributed by atoms with Crippen molar-refractivity contribution < 1.29 is 14.3 Å². The smallest absolute Gasteiger partial charge is 0.306 e. The highest BCUT2D eigenvalue weighted by Crippen LogP contribution is 2.14. The third-order valence-corrected chi connectivity index (χ3v) is 5.52. The maximum atomic E-state index is 12.3. The summed E-state index contributed by atoms with van der Waals surface area (Å²) in [7, 11) is 5.21. The molecule has 9 heteroatoms. The Hall–Kier alpha value is -2.65. The summed E-state index contributed by atoms with van der Waals surface area (Å²) in [4.78, 5) is 32.5. The largest absolute Gasteiger partial charge is 0.469 e. The van der Waals surface area contributed by atoms with E-state index in [-0.39, 0.29) is 24.7 Å². The average Bonchev–Trinajstić information content (AvgIpc) is 2.89. The SMILES string of the molecule is CC.CNCCCN=C(NCCN1CCN(C(=O)CCC(=O)OC)CC1)c1ccccc1NC. The fourth-order valence-electron chi connectivity index (χ4n) is 3.61. The van der Waals surface area contributed by atoms with E-state index in [1.54, 1.807) is 0 Å². The maximum Gasteiger partial charge on any atom is 0.306 e. The van der Waals surface area contributed by atoms with Gasteiger partial charge in [-0.15, -0.1) is 0 Å². The van der Waals surface area contributed by atoms with Gasteiger partial charge in [0.2, 0.25) is 5.91 Å². The molecule has 0 bridgehead atoms. The zero-order chi connectivity index (χ0) is 25.2. The van der Waals surface area contributed by atoms with Gasteiger partial charge in [0.05, 0.1) is 13.5 Å². The fraction of sp³-hybridized carbons (Fsp3) is 0.640. The van der Waals surface area contributed by atoms with Gasteiger partial charge in [-0.1, -0.05) is 26.0 Å². The van der Waals surface area contributed by atoms with E-state index in [1.807, 2.05) is 45.0 Å². The van der Waals surface area contributed by atoms with Crippen LogP contribution < -0.4 is 16.0 Å². The number of methoxy groups -OCH3 is 1. The van der Waals surface area contributed by atoms with Gasteiger partial charge in [-0.05, 0) is 32.1 Å². The lowest BCUT2D eigenvalue weighted by Crippen LogP contribution is -2.50. The summed E-state index contributed by atoms with van der Waals surface area (Å²) in [5.41, 5.74) is 2.12. The van der Waals surface area contributed by atoms with E-state index in [1.165, 1.54) is 7.11 Å². The number of rotatable bonds is 12. The van der Waals surface area contributed by atoms with Crippen molar-refractivity contribution in [3.05, 3.63) is 29.8 Å². The molecule has 1 aromatic rings. The lowest BCUT2D eigenvalue weighted by Gasteiger charge is -2.34. The molecule has 1 aliphatic rings. The molecule has 9 nitrogen and oxygen atoms in total. The molecule has 3 N–H and O–H groups in total. The average molecular weight is 477 g/mol. The summed E-state index contributed by atoms with van der Waals surface area (Å²) in [6, 6.07) is 8.17. The first-order valence-corrected chi connectivity index (χ1v) is 12.4. The van der Waals surface area contributed by atoms with Gasteiger partial charge >= 0.3 is 5.97 Å². The summed E-state index contributed by atoms with van der Waals surface area (Å²) in [5.74, 6) is 0.585. The highest BCUT2D eigenvalue weighted by Gasteiger charge is 2.21. The summed E-state index contributed by atoms with van der Waals surface area (Å²) in [6.45, 7) is 10.4. The van der Waals surface area contributed by atoms with Gasteiger partial charge in [-0.25, -0.2) is 0 Å². The molecule has 0 saturated carbocycles. The number of benzene rings is 1. The van der Waals surface area contributed by atoms with Crippen molar-refractivity contribution in [2.75, 3.05) is 78.9 Å². The minimum Gasteiger partial charge on any atom is -0.469 e. The van der Waals surface area contributed by atoms with E-state index >= 15 is 0 Å². The second-order valence-electron chi connectivity index (χ2n) is 7.71. The Morgan fingerprint density at radius 2 is 1.74 bits per heavy atom. The number of hydrogen-bond donors (Lipinski definition) is 3. The van der Waals surface area contributed by atoms with Crippen LogP contribution in [0.1, 0.15) is 38.7 Å². The van der Waals surface area contributed by atoms with Crippen LogP contribution in [0.5, 0.6) is 0 Å². The Kier molecular flexibility index (Phi) is 15.4. The third kappa shape index (κ3) is 10.5. The summed E-state index contributed by atoms with van der Waals surface area (Å²) in [6.07, 6.45) is 1.34. The molecule has 0 aliphatic carbocycles. The van der Waals surface area contributed by atoms with Crippen LogP contribution in [0, 0.1) is 0 Å². The van der Waals surface area contributed by atoms with Crippen molar-refractivity contribution >= 4 is 23.4 Å². The van der Waals surface area contributed by atoms with Crippen LogP contribution in [0.3, 0.4) is 0 Å². The Bertz CT molecular complexity index is 748. The monoisotopic (exact) mass is 476 g/mol. The molecule has 2 rings (SSSR count). The standard InChI is InChI=1S/C23H38N6O3.C2H6/c1-24-11-6-12-26-23(19-7-4-5-8-20(19)25-2)27-13-14-28-15-17-29(18-16-28)21(30)9-10-22(31)32-3;1-2/h4-5,7-8,24-25H,6,9-18H2,1-3H3,(H,26,27);1-2H3. The molecule has 34 heavy (non-hydrogen) atoms. The van der Waals surface area contributed by atoms with Gasteiger partial charge in [0.25, 0.3) is 0 Å². The zero-order valence-corrected chi connectivity index (χ0v) is 21.7. The predicted octanol–water partition coefficient (Wildman–Crippen LogP) is 1.80. The predicted molar refractivity (Wildman–Crippen MR) is 140 cm³/mol. The minimum atomic E-state index is -0.341. The number of carbonyl (C=O) groups excluding carboxylic acids is 2. The third-order valence-electron chi connectivity index (χ3n) is 5.52.